The van der Waals surface area contributed by atoms with Gasteiger partial charge in [0.2, 0.25) is 15.7 Å². The molecule has 37 heavy (non-hydrogen) atoms. The zero-order valence-electron chi connectivity index (χ0n) is 22.8. The summed E-state index contributed by atoms with van der Waals surface area (Å²) in [6, 6.07) is 13.3. The highest BCUT2D eigenvalue weighted by molar-refractivity contribution is 7.96. The van der Waals surface area contributed by atoms with Crippen molar-refractivity contribution in [1.82, 2.24) is 0 Å². The van der Waals surface area contributed by atoms with Gasteiger partial charge in [-0.2, -0.15) is 0 Å². The van der Waals surface area contributed by atoms with Gasteiger partial charge in [-0.1, -0.05) is 76.6 Å². The maximum Gasteiger partial charge on any atom is 0.217 e. The summed E-state index contributed by atoms with van der Waals surface area (Å²) in [4.78, 5) is 6.73. The number of aryl methyl sites for hydroxylation is 1. The van der Waals surface area contributed by atoms with E-state index in [1.807, 2.05) is 19.1 Å². The topological polar surface area (TPSA) is 55.8 Å². The predicted octanol–water partition coefficient (Wildman–Crippen LogP) is 8.43. The van der Waals surface area contributed by atoms with Crippen LogP contribution in [-0.4, -0.2) is 28.6 Å². The summed E-state index contributed by atoms with van der Waals surface area (Å²) in [6.07, 6.45) is 11.6. The van der Waals surface area contributed by atoms with Crippen molar-refractivity contribution in [2.75, 3.05) is 25.0 Å². The molecular formula is C31H41N3O2S. The van der Waals surface area contributed by atoms with Crippen LogP contribution in [0.5, 0.6) is 0 Å². The molecule has 5 nitrogen and oxygen atoms in total. The van der Waals surface area contributed by atoms with Crippen molar-refractivity contribution in [2.45, 2.75) is 77.0 Å². The molecule has 0 radical (unpaired) electrons. The average molecular weight is 520 g/mol. The maximum atomic E-state index is 13.5. The van der Waals surface area contributed by atoms with Gasteiger partial charge in [-0.15, -0.1) is 0 Å². The Labute approximate surface area is 224 Å². The maximum absolute atomic E-state index is 13.5. The van der Waals surface area contributed by atoms with Crippen LogP contribution >= 0.6 is 0 Å². The van der Waals surface area contributed by atoms with Crippen molar-refractivity contribution < 1.29 is 8.42 Å². The molecule has 6 heteroatoms. The molecule has 0 fully saturated rings. The van der Waals surface area contributed by atoms with Gasteiger partial charge in [0.1, 0.15) is 0 Å². The molecule has 1 aliphatic rings. The smallest absolute Gasteiger partial charge is 0.217 e. The number of unbranched alkanes of at least 4 members (excludes halogenated alkanes) is 6. The van der Waals surface area contributed by atoms with Gasteiger partial charge in [-0.05, 0) is 55.2 Å². The van der Waals surface area contributed by atoms with Gasteiger partial charge in [-0.25, -0.2) is 8.42 Å². The molecule has 0 aromatic heterocycles. The summed E-state index contributed by atoms with van der Waals surface area (Å²) in [7, 11) is -2.15. The summed E-state index contributed by atoms with van der Waals surface area (Å²) in [5.41, 5.74) is 4.13. The number of fused-ring (bicyclic) bond motifs is 1. The second kappa shape index (κ2) is 13.5. The number of hydrogen-bond acceptors (Lipinski definition) is 3. The van der Waals surface area contributed by atoms with Crippen LogP contribution < -0.4 is 4.90 Å². The van der Waals surface area contributed by atoms with Crippen LogP contribution in [0.3, 0.4) is 0 Å². The van der Waals surface area contributed by atoms with E-state index < -0.39 is 9.84 Å². The fourth-order valence-electron chi connectivity index (χ4n) is 4.90. The number of sulfone groups is 1. The summed E-state index contributed by atoms with van der Waals surface area (Å²) in [5.74, 6) is 0.222. The lowest BCUT2D eigenvalue weighted by Crippen LogP contribution is -2.25. The lowest BCUT2D eigenvalue weighted by atomic mass is 10.0. The van der Waals surface area contributed by atoms with E-state index in [1.54, 1.807) is 31.3 Å². The zero-order chi connectivity index (χ0) is 26.8. The summed E-state index contributed by atoms with van der Waals surface area (Å²) < 4.78 is 27.1. The molecule has 3 rings (SSSR count). The van der Waals surface area contributed by atoms with Gasteiger partial charge in [0.15, 0.2) is 0 Å². The largest absolute Gasteiger partial charge is 0.372 e. The SMILES string of the molecule is C#[N+]C([N-]C)=C1C(=Cc2ccc(N(CCCCCC)CCCCCC)cc2C)S(=O)(=O)c2ccccc21. The van der Waals surface area contributed by atoms with Gasteiger partial charge >= 0.3 is 0 Å². The molecule has 0 spiro atoms. The second-order valence-corrected chi connectivity index (χ2v) is 11.6. The first kappa shape index (κ1) is 28.5. The van der Waals surface area contributed by atoms with E-state index in [0.29, 0.717) is 11.1 Å². The van der Waals surface area contributed by atoms with E-state index in [1.165, 1.54) is 57.1 Å². The van der Waals surface area contributed by atoms with E-state index >= 15 is 0 Å². The molecule has 0 unspecified atom stereocenters. The number of nitrogens with zero attached hydrogens (tertiary/aromatic N) is 3. The highest BCUT2D eigenvalue weighted by Gasteiger charge is 2.38. The van der Waals surface area contributed by atoms with Crippen molar-refractivity contribution in [3.05, 3.63) is 80.0 Å². The molecule has 0 atom stereocenters. The molecule has 1 aliphatic heterocycles. The van der Waals surface area contributed by atoms with Crippen LogP contribution in [0.2, 0.25) is 0 Å². The Hall–Kier alpha value is -3.04. The Kier molecular flexibility index (Phi) is 10.4. The van der Waals surface area contributed by atoms with Crippen LogP contribution in [0.4, 0.5) is 5.69 Å². The number of anilines is 1. The van der Waals surface area contributed by atoms with Crippen molar-refractivity contribution in [1.29, 1.82) is 0 Å². The lowest BCUT2D eigenvalue weighted by Gasteiger charge is -2.26. The minimum Gasteiger partial charge on any atom is -0.372 e. The molecule has 0 saturated heterocycles. The zero-order valence-corrected chi connectivity index (χ0v) is 23.7. The van der Waals surface area contributed by atoms with Crippen LogP contribution in [0, 0.1) is 13.5 Å². The Balaban J connectivity index is 1.98. The minimum absolute atomic E-state index is 0.190. The first-order valence-electron chi connectivity index (χ1n) is 13.6. The standard InChI is InChI=1S/C31H41N3O2S/c1-6-8-10-14-20-34(21-15-11-9-7-2)26-19-18-25(24(3)22-26)23-29-30(31(32-4)33-5)27-16-12-13-17-28(27)37(29,35)36/h4,12-13,16-19,22-23H,6-11,14-15,20-21H2,1-3,5H3. The molecular weight excluding hydrogens is 478 g/mol. The first-order valence-corrected chi connectivity index (χ1v) is 15.0. The molecule has 2 aromatic carbocycles. The summed E-state index contributed by atoms with van der Waals surface area (Å²) in [5, 5.41) is 4.16. The number of benzene rings is 2. The lowest BCUT2D eigenvalue weighted by molar-refractivity contribution is 0.604. The molecule has 0 amide bonds. The van der Waals surface area contributed by atoms with Gasteiger partial charge in [0.25, 0.3) is 0 Å². The molecule has 198 valence electrons. The highest BCUT2D eigenvalue weighted by Crippen LogP contribution is 2.46. The van der Waals surface area contributed by atoms with Crippen molar-refractivity contribution in [2.24, 2.45) is 0 Å². The summed E-state index contributed by atoms with van der Waals surface area (Å²) in [6.45, 7) is 14.2. The molecule has 0 bridgehead atoms. The number of rotatable bonds is 13. The number of allylic oxidation sites excluding steroid dienone is 1. The Morgan fingerprint density at radius 1 is 0.973 bits per heavy atom. The van der Waals surface area contributed by atoms with E-state index in [9.17, 15) is 8.42 Å². The number of hydrogen-bond donors (Lipinski definition) is 0. The second-order valence-electron chi connectivity index (χ2n) is 9.71. The van der Waals surface area contributed by atoms with E-state index in [4.69, 9.17) is 6.57 Å². The van der Waals surface area contributed by atoms with Crippen LogP contribution in [0.1, 0.15) is 81.9 Å². The predicted molar refractivity (Wildman–Crippen MR) is 158 cm³/mol. The van der Waals surface area contributed by atoms with E-state index in [2.05, 4.69) is 41.0 Å². The van der Waals surface area contributed by atoms with E-state index in [0.717, 1.165) is 24.2 Å². The fraction of sp³-hybridized carbons (Fsp3) is 0.452. The van der Waals surface area contributed by atoms with Crippen LogP contribution in [-0.2, 0) is 9.84 Å². The van der Waals surface area contributed by atoms with Crippen LogP contribution in [0.15, 0.2) is 58.1 Å². The molecule has 0 N–H and O–H groups in total. The fourth-order valence-corrected chi connectivity index (χ4v) is 6.60. The first-order chi connectivity index (χ1) is 17.9. The van der Waals surface area contributed by atoms with Gasteiger partial charge < -0.3 is 9.74 Å². The third-order valence-electron chi connectivity index (χ3n) is 7.01. The minimum atomic E-state index is -3.72. The Bertz CT molecular complexity index is 1270. The third kappa shape index (κ3) is 6.64. The highest BCUT2D eigenvalue weighted by atomic mass is 32.2. The molecule has 0 saturated carbocycles. The van der Waals surface area contributed by atoms with Gasteiger partial charge in [0, 0.05) is 38.0 Å². The Morgan fingerprint density at radius 2 is 1.62 bits per heavy atom. The molecule has 0 aliphatic carbocycles. The van der Waals surface area contributed by atoms with Crippen molar-refractivity contribution in [3.8, 4) is 6.57 Å². The normalized spacial score (nSPS) is 16.4. The van der Waals surface area contributed by atoms with Crippen molar-refractivity contribution >= 4 is 27.2 Å². The molecule has 1 heterocycles. The van der Waals surface area contributed by atoms with Gasteiger partial charge in [-0.3, -0.25) is 5.32 Å². The van der Waals surface area contributed by atoms with Crippen LogP contribution in [0.25, 0.3) is 21.8 Å². The molecule has 2 aromatic rings. The summed E-state index contributed by atoms with van der Waals surface area (Å²) >= 11 is 0. The quantitative estimate of drug-likeness (QED) is 0.250. The van der Waals surface area contributed by atoms with E-state index in [-0.39, 0.29) is 15.6 Å². The monoisotopic (exact) mass is 519 g/mol. The average Bonchev–Trinajstić information content (AvgIpc) is 3.11. The van der Waals surface area contributed by atoms with Gasteiger partial charge in [0.05, 0.1) is 15.4 Å². The third-order valence-corrected chi connectivity index (χ3v) is 8.84. The van der Waals surface area contributed by atoms with Crippen molar-refractivity contribution in [3.63, 3.8) is 0 Å². The Morgan fingerprint density at radius 3 is 2.19 bits per heavy atom.